The van der Waals surface area contributed by atoms with Gasteiger partial charge in [0.1, 0.15) is 6.54 Å². The van der Waals surface area contributed by atoms with Gasteiger partial charge in [-0.1, -0.05) is 30.3 Å². The normalized spacial score (nSPS) is 17.8. The van der Waals surface area contributed by atoms with E-state index in [2.05, 4.69) is 19.2 Å². The van der Waals surface area contributed by atoms with Crippen LogP contribution in [-0.4, -0.2) is 54.6 Å². The van der Waals surface area contributed by atoms with Crippen molar-refractivity contribution in [2.45, 2.75) is 12.7 Å². The molecule has 1 aromatic rings. The lowest BCUT2D eigenvalue weighted by Crippen LogP contribution is -3.00. The van der Waals surface area contributed by atoms with E-state index in [1.807, 2.05) is 18.2 Å². The third-order valence-corrected chi connectivity index (χ3v) is 3.98. The Kier molecular flexibility index (Phi) is 6.65. The molecule has 1 aliphatic rings. The van der Waals surface area contributed by atoms with Crippen molar-refractivity contribution in [2.24, 2.45) is 0 Å². The number of benzene rings is 1. The monoisotopic (exact) mass is 348 g/mol. The molecule has 1 heterocycles. The zero-order valence-corrected chi connectivity index (χ0v) is 13.6. The second-order valence-corrected chi connectivity index (χ2v) is 5.92. The summed E-state index contributed by atoms with van der Waals surface area (Å²) in [6, 6.07) is 10.1. The van der Waals surface area contributed by atoms with E-state index in [0.717, 1.165) is 24.1 Å². The SMILES string of the molecule is C[N+]1(Cc2ccccc2)CCN(C=CC(=O)C(F)(F)F)CC1.[Cl-]. The van der Waals surface area contributed by atoms with Crippen molar-refractivity contribution in [1.82, 2.24) is 4.90 Å². The molecule has 0 N–H and O–H groups in total. The van der Waals surface area contributed by atoms with Crippen molar-refractivity contribution >= 4 is 5.78 Å². The fraction of sp³-hybridized carbons (Fsp3) is 0.438. The van der Waals surface area contributed by atoms with E-state index in [4.69, 9.17) is 0 Å². The summed E-state index contributed by atoms with van der Waals surface area (Å²) in [6.45, 7) is 3.86. The van der Waals surface area contributed by atoms with Gasteiger partial charge in [-0.3, -0.25) is 4.79 Å². The molecule has 0 radical (unpaired) electrons. The Morgan fingerprint density at radius 2 is 1.78 bits per heavy atom. The van der Waals surface area contributed by atoms with Crippen LogP contribution in [0.25, 0.3) is 0 Å². The van der Waals surface area contributed by atoms with E-state index >= 15 is 0 Å². The van der Waals surface area contributed by atoms with Gasteiger partial charge in [0.05, 0.1) is 33.2 Å². The molecule has 0 spiro atoms. The van der Waals surface area contributed by atoms with E-state index in [1.165, 1.54) is 11.8 Å². The number of ketones is 1. The Hall–Kier alpha value is -1.53. The van der Waals surface area contributed by atoms with Crippen LogP contribution in [0.5, 0.6) is 0 Å². The van der Waals surface area contributed by atoms with Gasteiger partial charge in [0.15, 0.2) is 0 Å². The minimum absolute atomic E-state index is 0. The van der Waals surface area contributed by atoms with Crippen molar-refractivity contribution in [3.63, 3.8) is 0 Å². The number of halogens is 4. The van der Waals surface area contributed by atoms with Crippen LogP contribution in [0.2, 0.25) is 0 Å². The lowest BCUT2D eigenvalue weighted by atomic mass is 10.1. The van der Waals surface area contributed by atoms with Crippen LogP contribution in [0, 0.1) is 0 Å². The van der Waals surface area contributed by atoms with Crippen molar-refractivity contribution in [1.29, 1.82) is 0 Å². The van der Waals surface area contributed by atoms with Gasteiger partial charge in [0, 0.05) is 17.8 Å². The molecular formula is C16H20ClF3N2O. The molecule has 0 bridgehead atoms. The van der Waals surface area contributed by atoms with Crippen LogP contribution in [0.3, 0.4) is 0 Å². The molecule has 0 unspecified atom stereocenters. The number of hydrogen-bond acceptors (Lipinski definition) is 2. The third-order valence-electron chi connectivity index (χ3n) is 3.98. The van der Waals surface area contributed by atoms with E-state index < -0.39 is 12.0 Å². The molecule has 2 rings (SSSR count). The molecule has 23 heavy (non-hydrogen) atoms. The minimum Gasteiger partial charge on any atom is -1.00 e. The molecule has 1 aromatic carbocycles. The molecule has 1 fully saturated rings. The highest BCUT2D eigenvalue weighted by atomic mass is 35.5. The van der Waals surface area contributed by atoms with Crippen LogP contribution in [-0.2, 0) is 11.3 Å². The fourth-order valence-electron chi connectivity index (χ4n) is 2.56. The maximum absolute atomic E-state index is 12.1. The van der Waals surface area contributed by atoms with Gasteiger partial charge in [-0.2, -0.15) is 13.2 Å². The Balaban J connectivity index is 0.00000264. The number of allylic oxidation sites excluding steroid dienone is 1. The second-order valence-electron chi connectivity index (χ2n) is 5.92. The predicted molar refractivity (Wildman–Crippen MR) is 77.8 cm³/mol. The molecule has 1 aliphatic heterocycles. The van der Waals surface area contributed by atoms with E-state index in [0.29, 0.717) is 19.2 Å². The van der Waals surface area contributed by atoms with Crippen molar-refractivity contribution in [3.05, 3.63) is 48.2 Å². The Morgan fingerprint density at radius 3 is 2.30 bits per heavy atom. The summed E-state index contributed by atoms with van der Waals surface area (Å²) < 4.78 is 37.3. The molecule has 1 saturated heterocycles. The van der Waals surface area contributed by atoms with Crippen LogP contribution >= 0.6 is 0 Å². The average molecular weight is 349 g/mol. The first-order chi connectivity index (χ1) is 10.3. The largest absolute Gasteiger partial charge is 1.00 e. The van der Waals surface area contributed by atoms with Gasteiger partial charge in [-0.15, -0.1) is 0 Å². The third kappa shape index (κ3) is 5.88. The molecule has 3 nitrogen and oxygen atoms in total. The highest BCUT2D eigenvalue weighted by Crippen LogP contribution is 2.18. The van der Waals surface area contributed by atoms with Crippen LogP contribution in [0.4, 0.5) is 13.2 Å². The highest BCUT2D eigenvalue weighted by Gasteiger charge is 2.36. The maximum Gasteiger partial charge on any atom is 0.454 e. The number of rotatable bonds is 4. The number of hydrogen-bond donors (Lipinski definition) is 0. The lowest BCUT2D eigenvalue weighted by Gasteiger charge is -2.41. The molecule has 0 saturated carbocycles. The van der Waals surface area contributed by atoms with E-state index in [1.54, 1.807) is 4.90 Å². The number of nitrogens with zero attached hydrogens (tertiary/aromatic N) is 2. The Bertz CT molecular complexity index is 538. The Morgan fingerprint density at radius 1 is 1.22 bits per heavy atom. The standard InChI is InChI=1S/C16H20F3N2O.ClH/c1-21(13-14-5-3-2-4-6-14)11-9-20(10-12-21)8-7-15(22)16(17,18)19;/h2-8H,9-13H2,1H3;1H/q+1;/p-1. The number of quaternary nitrogens is 1. The smallest absolute Gasteiger partial charge is 0.454 e. The van der Waals surface area contributed by atoms with Gasteiger partial charge in [0.2, 0.25) is 0 Å². The van der Waals surface area contributed by atoms with Crippen LogP contribution in [0.1, 0.15) is 5.56 Å². The number of likely N-dealkylation sites (N-methyl/N-ethyl adjacent to an activating group) is 1. The lowest BCUT2D eigenvalue weighted by molar-refractivity contribution is -0.926. The summed E-state index contributed by atoms with van der Waals surface area (Å²) in [5.74, 6) is -1.81. The minimum atomic E-state index is -4.79. The molecule has 7 heteroatoms. The van der Waals surface area contributed by atoms with Crippen molar-refractivity contribution in [3.8, 4) is 0 Å². The predicted octanol–water partition coefficient (Wildman–Crippen LogP) is -0.402. The highest BCUT2D eigenvalue weighted by molar-refractivity contribution is 5.94. The molecule has 0 amide bonds. The summed E-state index contributed by atoms with van der Waals surface area (Å²) in [5.41, 5.74) is 1.25. The van der Waals surface area contributed by atoms with Gasteiger partial charge < -0.3 is 21.8 Å². The summed E-state index contributed by atoms with van der Waals surface area (Å²) in [5, 5.41) is 0. The zero-order chi connectivity index (χ0) is 16.2. The maximum atomic E-state index is 12.1. The van der Waals surface area contributed by atoms with Crippen molar-refractivity contribution < 1.29 is 34.9 Å². The van der Waals surface area contributed by atoms with Gasteiger partial charge in [-0.05, 0) is 0 Å². The van der Waals surface area contributed by atoms with Gasteiger partial charge in [-0.25, -0.2) is 0 Å². The molecule has 128 valence electrons. The summed E-state index contributed by atoms with van der Waals surface area (Å²) >= 11 is 0. The first-order valence-corrected chi connectivity index (χ1v) is 7.19. The van der Waals surface area contributed by atoms with E-state index in [-0.39, 0.29) is 12.4 Å². The van der Waals surface area contributed by atoms with Gasteiger partial charge in [0.25, 0.3) is 5.78 Å². The topological polar surface area (TPSA) is 20.3 Å². The first-order valence-electron chi connectivity index (χ1n) is 7.19. The number of alkyl halides is 3. The van der Waals surface area contributed by atoms with E-state index in [9.17, 15) is 18.0 Å². The zero-order valence-electron chi connectivity index (χ0n) is 12.9. The molecule has 0 atom stereocenters. The number of carbonyl (C=O) groups excluding carboxylic acids is 1. The van der Waals surface area contributed by atoms with Crippen molar-refractivity contribution in [2.75, 3.05) is 33.2 Å². The fourth-order valence-corrected chi connectivity index (χ4v) is 2.56. The average Bonchev–Trinajstić information content (AvgIpc) is 2.46. The van der Waals surface area contributed by atoms with Crippen LogP contribution in [0.15, 0.2) is 42.6 Å². The molecular weight excluding hydrogens is 329 g/mol. The number of piperazine rings is 1. The summed E-state index contributed by atoms with van der Waals surface area (Å²) in [4.78, 5) is 12.6. The number of carbonyl (C=O) groups is 1. The summed E-state index contributed by atoms with van der Waals surface area (Å²) in [7, 11) is 2.15. The quantitative estimate of drug-likeness (QED) is 0.545. The van der Waals surface area contributed by atoms with Gasteiger partial charge >= 0.3 is 6.18 Å². The Labute approximate surface area is 140 Å². The molecule has 0 aromatic heterocycles. The summed E-state index contributed by atoms with van der Waals surface area (Å²) in [6.07, 6.45) is -2.90. The first kappa shape index (κ1) is 19.5. The van der Waals surface area contributed by atoms with Crippen LogP contribution < -0.4 is 12.4 Å². The second kappa shape index (κ2) is 7.84. The molecule has 0 aliphatic carbocycles.